The van der Waals surface area contributed by atoms with Gasteiger partial charge in [0, 0.05) is 12.6 Å². The summed E-state index contributed by atoms with van der Waals surface area (Å²) in [5.74, 6) is 0.0849. The fourth-order valence-corrected chi connectivity index (χ4v) is 2.83. The predicted molar refractivity (Wildman–Crippen MR) is 88.5 cm³/mol. The van der Waals surface area contributed by atoms with E-state index in [0.29, 0.717) is 19.1 Å². The summed E-state index contributed by atoms with van der Waals surface area (Å²) in [6.07, 6.45) is 3.50. The summed E-state index contributed by atoms with van der Waals surface area (Å²) in [4.78, 5) is 14.4. The number of nitrogens with zero attached hydrogens (tertiary/aromatic N) is 1. The van der Waals surface area contributed by atoms with Gasteiger partial charge < -0.3 is 11.1 Å². The molecule has 1 saturated heterocycles. The number of hydrogen-bond donors (Lipinski definition) is 2. The van der Waals surface area contributed by atoms with Crippen LogP contribution in [0.3, 0.4) is 0 Å². The first-order valence-corrected chi connectivity index (χ1v) is 7.49. The maximum absolute atomic E-state index is 12.2. The van der Waals surface area contributed by atoms with Crippen LogP contribution in [0, 0.1) is 0 Å². The summed E-state index contributed by atoms with van der Waals surface area (Å²) < 4.78 is 0. The standard InChI is InChI=1S/C16H25N3O.ClH/c1-13(14-7-3-2-4-8-14)18-16(20)12-19-10-6-5-9-15(19)11-17;/h2-4,7-8,13,15H,5-6,9-12,17H2,1H3,(H,18,20);1H. The zero-order chi connectivity index (χ0) is 14.4. The lowest BCUT2D eigenvalue weighted by molar-refractivity contribution is -0.123. The van der Waals surface area contributed by atoms with Crippen LogP contribution in [0.2, 0.25) is 0 Å². The summed E-state index contributed by atoms with van der Waals surface area (Å²) in [5.41, 5.74) is 6.92. The first kappa shape index (κ1) is 18.0. The van der Waals surface area contributed by atoms with Gasteiger partial charge in [-0.05, 0) is 31.9 Å². The Kier molecular flexibility index (Phi) is 7.72. The smallest absolute Gasteiger partial charge is 0.234 e. The Morgan fingerprint density at radius 2 is 2.10 bits per heavy atom. The molecule has 2 atom stereocenters. The molecule has 1 aliphatic heterocycles. The monoisotopic (exact) mass is 311 g/mol. The van der Waals surface area contributed by atoms with E-state index in [2.05, 4.69) is 10.2 Å². The van der Waals surface area contributed by atoms with Crippen LogP contribution in [0.5, 0.6) is 0 Å². The van der Waals surface area contributed by atoms with Gasteiger partial charge in [0.15, 0.2) is 0 Å². The molecule has 0 saturated carbocycles. The van der Waals surface area contributed by atoms with E-state index in [0.717, 1.165) is 24.9 Å². The minimum Gasteiger partial charge on any atom is -0.348 e. The summed E-state index contributed by atoms with van der Waals surface area (Å²) in [6, 6.07) is 10.5. The average molecular weight is 312 g/mol. The fraction of sp³-hybridized carbons (Fsp3) is 0.562. The molecule has 0 spiro atoms. The quantitative estimate of drug-likeness (QED) is 0.875. The maximum Gasteiger partial charge on any atom is 0.234 e. The average Bonchev–Trinajstić information content (AvgIpc) is 2.48. The molecular formula is C16H26ClN3O. The zero-order valence-electron chi connectivity index (χ0n) is 12.6. The second-order valence-electron chi connectivity index (χ2n) is 5.56. The number of likely N-dealkylation sites (tertiary alicyclic amines) is 1. The third kappa shape index (κ3) is 5.30. The predicted octanol–water partition coefficient (Wildman–Crippen LogP) is 2.10. The molecule has 0 aliphatic carbocycles. The highest BCUT2D eigenvalue weighted by Gasteiger charge is 2.23. The topological polar surface area (TPSA) is 58.4 Å². The van der Waals surface area contributed by atoms with Crippen LogP contribution in [0.15, 0.2) is 30.3 Å². The van der Waals surface area contributed by atoms with Crippen molar-refractivity contribution in [1.29, 1.82) is 0 Å². The molecule has 1 amide bonds. The van der Waals surface area contributed by atoms with Gasteiger partial charge >= 0.3 is 0 Å². The van der Waals surface area contributed by atoms with Crippen molar-refractivity contribution < 1.29 is 4.79 Å². The van der Waals surface area contributed by atoms with Crippen LogP contribution in [0.4, 0.5) is 0 Å². The van der Waals surface area contributed by atoms with E-state index >= 15 is 0 Å². The summed E-state index contributed by atoms with van der Waals surface area (Å²) in [5, 5.41) is 3.07. The Morgan fingerprint density at radius 3 is 2.76 bits per heavy atom. The minimum atomic E-state index is 0. The molecule has 0 aromatic heterocycles. The van der Waals surface area contributed by atoms with Gasteiger partial charge in [0.1, 0.15) is 0 Å². The van der Waals surface area contributed by atoms with E-state index in [1.165, 1.54) is 6.42 Å². The van der Waals surface area contributed by atoms with E-state index in [9.17, 15) is 4.79 Å². The van der Waals surface area contributed by atoms with Crippen LogP contribution in [-0.4, -0.2) is 36.5 Å². The van der Waals surface area contributed by atoms with E-state index in [-0.39, 0.29) is 24.4 Å². The molecule has 0 bridgehead atoms. The lowest BCUT2D eigenvalue weighted by Crippen LogP contribution is -2.48. The Hall–Kier alpha value is -1.10. The largest absolute Gasteiger partial charge is 0.348 e. The molecule has 118 valence electrons. The number of rotatable bonds is 5. The van der Waals surface area contributed by atoms with E-state index in [4.69, 9.17) is 5.73 Å². The molecule has 0 radical (unpaired) electrons. The maximum atomic E-state index is 12.2. The van der Waals surface area contributed by atoms with Crippen molar-refractivity contribution in [1.82, 2.24) is 10.2 Å². The molecule has 4 nitrogen and oxygen atoms in total. The number of carbonyl (C=O) groups excluding carboxylic acids is 1. The lowest BCUT2D eigenvalue weighted by Gasteiger charge is -2.34. The molecule has 2 unspecified atom stereocenters. The second kappa shape index (κ2) is 9.03. The number of amides is 1. The first-order chi connectivity index (χ1) is 9.70. The van der Waals surface area contributed by atoms with Crippen molar-refractivity contribution in [2.75, 3.05) is 19.6 Å². The molecule has 1 aromatic carbocycles. The molecule has 21 heavy (non-hydrogen) atoms. The summed E-state index contributed by atoms with van der Waals surface area (Å²) >= 11 is 0. The molecule has 1 heterocycles. The van der Waals surface area contributed by atoms with Crippen molar-refractivity contribution in [2.24, 2.45) is 5.73 Å². The minimum absolute atomic E-state index is 0. The van der Waals surface area contributed by atoms with Crippen LogP contribution in [0.1, 0.15) is 37.8 Å². The molecule has 1 aromatic rings. The van der Waals surface area contributed by atoms with Crippen molar-refractivity contribution >= 4 is 18.3 Å². The Balaban J connectivity index is 0.00000220. The summed E-state index contributed by atoms with van der Waals surface area (Å²) in [7, 11) is 0. The SMILES string of the molecule is CC(NC(=O)CN1CCCCC1CN)c1ccccc1.Cl. The van der Waals surface area contributed by atoms with Crippen molar-refractivity contribution in [3.63, 3.8) is 0 Å². The number of nitrogens with one attached hydrogen (secondary N) is 1. The van der Waals surface area contributed by atoms with Gasteiger partial charge in [-0.2, -0.15) is 0 Å². The molecule has 5 heteroatoms. The third-order valence-electron chi connectivity index (χ3n) is 4.04. The van der Waals surface area contributed by atoms with Gasteiger partial charge in [0.05, 0.1) is 12.6 Å². The van der Waals surface area contributed by atoms with Crippen LogP contribution in [-0.2, 0) is 4.79 Å². The van der Waals surface area contributed by atoms with E-state index < -0.39 is 0 Å². The van der Waals surface area contributed by atoms with Crippen molar-refractivity contribution in [3.05, 3.63) is 35.9 Å². The van der Waals surface area contributed by atoms with Crippen molar-refractivity contribution in [3.8, 4) is 0 Å². The van der Waals surface area contributed by atoms with Crippen LogP contribution < -0.4 is 11.1 Å². The molecule has 1 aliphatic rings. The van der Waals surface area contributed by atoms with Gasteiger partial charge in [0.2, 0.25) is 5.91 Å². The van der Waals surface area contributed by atoms with E-state index in [1.807, 2.05) is 37.3 Å². The van der Waals surface area contributed by atoms with E-state index in [1.54, 1.807) is 0 Å². The molecule has 1 fully saturated rings. The highest BCUT2D eigenvalue weighted by atomic mass is 35.5. The zero-order valence-corrected chi connectivity index (χ0v) is 13.4. The van der Waals surface area contributed by atoms with Crippen LogP contribution >= 0.6 is 12.4 Å². The Bertz CT molecular complexity index is 427. The van der Waals surface area contributed by atoms with Gasteiger partial charge in [-0.1, -0.05) is 36.8 Å². The number of carbonyl (C=O) groups is 1. The molecule has 2 rings (SSSR count). The number of halogens is 1. The van der Waals surface area contributed by atoms with Gasteiger partial charge in [-0.15, -0.1) is 12.4 Å². The number of benzene rings is 1. The molecular weight excluding hydrogens is 286 g/mol. The first-order valence-electron chi connectivity index (χ1n) is 7.49. The Morgan fingerprint density at radius 1 is 1.38 bits per heavy atom. The summed E-state index contributed by atoms with van der Waals surface area (Å²) in [6.45, 7) is 4.10. The van der Waals surface area contributed by atoms with Gasteiger partial charge in [0.25, 0.3) is 0 Å². The fourth-order valence-electron chi connectivity index (χ4n) is 2.83. The Labute approximate surface area is 133 Å². The highest BCUT2D eigenvalue weighted by Crippen LogP contribution is 2.16. The lowest BCUT2D eigenvalue weighted by atomic mass is 10.0. The normalized spacial score (nSPS) is 20.4. The van der Waals surface area contributed by atoms with Crippen molar-refractivity contribution in [2.45, 2.75) is 38.3 Å². The highest BCUT2D eigenvalue weighted by molar-refractivity contribution is 5.85. The number of nitrogens with two attached hydrogens (primary N) is 1. The van der Waals surface area contributed by atoms with Gasteiger partial charge in [-0.3, -0.25) is 9.69 Å². The van der Waals surface area contributed by atoms with Gasteiger partial charge in [-0.25, -0.2) is 0 Å². The third-order valence-corrected chi connectivity index (χ3v) is 4.04. The number of hydrogen-bond acceptors (Lipinski definition) is 3. The molecule has 3 N–H and O–H groups in total. The van der Waals surface area contributed by atoms with Crippen LogP contribution in [0.25, 0.3) is 0 Å². The second-order valence-corrected chi connectivity index (χ2v) is 5.56. The number of piperidine rings is 1.